The molecule has 1 unspecified atom stereocenters. The Kier molecular flexibility index (Phi) is 3.58. The molecule has 1 fully saturated rings. The molecule has 0 radical (unpaired) electrons. The lowest BCUT2D eigenvalue weighted by atomic mass is 9.86. The number of cyclic esters (lactones) is 1. The number of rotatable bonds is 3. The van der Waals surface area contributed by atoms with E-state index in [-0.39, 0.29) is 31.3 Å². The zero-order valence-electron chi connectivity index (χ0n) is 13.7. The van der Waals surface area contributed by atoms with Crippen molar-refractivity contribution in [2.45, 2.75) is 33.3 Å². The van der Waals surface area contributed by atoms with E-state index in [9.17, 15) is 13.2 Å². The number of esters is 1. The molecule has 128 valence electrons. The maximum absolute atomic E-state index is 12.9. The van der Waals surface area contributed by atoms with Gasteiger partial charge in [0.2, 0.25) is 15.9 Å². The van der Waals surface area contributed by atoms with Crippen LogP contribution in [0.25, 0.3) is 0 Å². The number of sulfonamides is 1. The van der Waals surface area contributed by atoms with E-state index < -0.39 is 21.5 Å². The molecule has 3 heterocycles. The number of carbonyl (C=O) groups excluding carboxylic acids is 1. The van der Waals surface area contributed by atoms with E-state index in [1.54, 1.807) is 14.0 Å². The van der Waals surface area contributed by atoms with Crippen LogP contribution in [0.15, 0.2) is 0 Å². The van der Waals surface area contributed by atoms with Gasteiger partial charge in [-0.1, -0.05) is 13.8 Å². The highest BCUT2D eigenvalue weighted by atomic mass is 32.2. The fourth-order valence-electron chi connectivity index (χ4n) is 3.08. The molecule has 1 aromatic rings. The van der Waals surface area contributed by atoms with Crippen molar-refractivity contribution >= 4 is 21.7 Å². The first-order valence-electron chi connectivity index (χ1n) is 7.48. The van der Waals surface area contributed by atoms with Crippen LogP contribution in [-0.4, -0.2) is 49.2 Å². The van der Waals surface area contributed by atoms with Crippen molar-refractivity contribution in [1.29, 1.82) is 0 Å². The second-order valence-corrected chi connectivity index (χ2v) is 8.64. The van der Waals surface area contributed by atoms with Gasteiger partial charge in [-0.15, -0.1) is 0 Å². The minimum Gasteiger partial charge on any atom is -0.474 e. The zero-order valence-corrected chi connectivity index (χ0v) is 14.5. The van der Waals surface area contributed by atoms with Gasteiger partial charge in [0.05, 0.1) is 18.7 Å². The van der Waals surface area contributed by atoms with E-state index in [0.717, 1.165) is 0 Å². The maximum atomic E-state index is 12.9. The van der Waals surface area contributed by atoms with E-state index in [0.29, 0.717) is 17.3 Å². The molecule has 2 aliphatic heterocycles. The monoisotopic (exact) mass is 343 g/mol. The molecule has 8 nitrogen and oxygen atoms in total. The molecule has 9 heteroatoms. The molecule has 3 rings (SSSR count). The smallest absolute Gasteiger partial charge is 0.306 e. The molecule has 0 aliphatic carbocycles. The Bertz CT molecular complexity index is 753. The Hall–Kier alpha value is -1.77. The molecule has 1 atom stereocenters. The van der Waals surface area contributed by atoms with Crippen LogP contribution in [0.1, 0.15) is 26.0 Å². The first-order chi connectivity index (χ1) is 10.6. The molecule has 0 amide bonds. The number of aromatic nitrogens is 2. The SMILES string of the molecule is Cc1nn(C)c2c1N(S(=O)(=O)CC1OC(=O)CC1(C)C)CCO2. The lowest BCUT2D eigenvalue weighted by Gasteiger charge is -2.31. The average Bonchev–Trinajstić information content (AvgIpc) is 2.85. The van der Waals surface area contributed by atoms with Crippen molar-refractivity contribution in [3.8, 4) is 5.88 Å². The third kappa shape index (κ3) is 2.66. The predicted octanol–water partition coefficient (Wildman–Crippen LogP) is 0.599. The van der Waals surface area contributed by atoms with E-state index >= 15 is 0 Å². The summed E-state index contributed by atoms with van der Waals surface area (Å²) in [5.74, 6) is -0.144. The van der Waals surface area contributed by atoms with Gasteiger partial charge in [0, 0.05) is 12.5 Å². The summed E-state index contributed by atoms with van der Waals surface area (Å²) in [7, 11) is -1.95. The second kappa shape index (κ2) is 5.12. The standard InChI is InChI=1S/C14H21N3O5S/c1-9-12-13(16(4)15-9)21-6-5-17(12)23(19,20)8-10-14(2,3)7-11(18)22-10/h10H,5-8H2,1-4H3. The fraction of sp³-hybridized carbons (Fsp3) is 0.714. The molecule has 0 bridgehead atoms. The minimum absolute atomic E-state index is 0.225. The van der Waals surface area contributed by atoms with Gasteiger partial charge < -0.3 is 9.47 Å². The number of fused-ring (bicyclic) bond motifs is 1. The number of anilines is 1. The average molecular weight is 343 g/mol. The first-order valence-corrected chi connectivity index (χ1v) is 9.09. The number of nitrogens with zero attached hydrogens (tertiary/aromatic N) is 3. The molecule has 23 heavy (non-hydrogen) atoms. The normalized spacial score (nSPS) is 23.4. The lowest BCUT2D eigenvalue weighted by molar-refractivity contribution is -0.140. The van der Waals surface area contributed by atoms with Crippen LogP contribution in [0.4, 0.5) is 5.69 Å². The van der Waals surface area contributed by atoms with Crippen molar-refractivity contribution in [2.75, 3.05) is 23.2 Å². The summed E-state index contributed by atoms with van der Waals surface area (Å²) in [5.41, 5.74) is 0.567. The van der Waals surface area contributed by atoms with Crippen molar-refractivity contribution < 1.29 is 22.7 Å². The largest absolute Gasteiger partial charge is 0.474 e. The molecule has 0 spiro atoms. The van der Waals surface area contributed by atoms with Gasteiger partial charge in [0.15, 0.2) is 0 Å². The third-order valence-electron chi connectivity index (χ3n) is 4.36. The summed E-state index contributed by atoms with van der Waals surface area (Å²) in [6.07, 6.45) is -0.420. The van der Waals surface area contributed by atoms with E-state index in [4.69, 9.17) is 9.47 Å². The van der Waals surface area contributed by atoms with Crippen LogP contribution in [0.2, 0.25) is 0 Å². The van der Waals surface area contributed by atoms with Gasteiger partial charge in [-0.3, -0.25) is 9.10 Å². The fourth-order valence-corrected chi connectivity index (χ4v) is 5.00. The van der Waals surface area contributed by atoms with Crippen LogP contribution in [0.5, 0.6) is 5.88 Å². The van der Waals surface area contributed by atoms with Gasteiger partial charge >= 0.3 is 5.97 Å². The number of aryl methyl sites for hydroxylation is 2. The molecule has 1 aromatic heterocycles. The first kappa shape index (κ1) is 16.1. The topological polar surface area (TPSA) is 90.7 Å². The summed E-state index contributed by atoms with van der Waals surface area (Å²) in [4.78, 5) is 11.5. The van der Waals surface area contributed by atoms with Crippen molar-refractivity contribution in [3.05, 3.63) is 5.69 Å². The molecular weight excluding hydrogens is 322 g/mol. The lowest BCUT2D eigenvalue weighted by Crippen LogP contribution is -2.44. The van der Waals surface area contributed by atoms with Gasteiger partial charge in [0.25, 0.3) is 0 Å². The van der Waals surface area contributed by atoms with Crippen molar-refractivity contribution in [1.82, 2.24) is 9.78 Å². The number of carbonyl (C=O) groups is 1. The Morgan fingerprint density at radius 1 is 1.39 bits per heavy atom. The van der Waals surface area contributed by atoms with Gasteiger partial charge in [0.1, 0.15) is 24.2 Å². The molecular formula is C14H21N3O5S. The quantitative estimate of drug-likeness (QED) is 0.747. The van der Waals surface area contributed by atoms with Crippen LogP contribution >= 0.6 is 0 Å². The predicted molar refractivity (Wildman–Crippen MR) is 82.9 cm³/mol. The van der Waals surface area contributed by atoms with Crippen LogP contribution < -0.4 is 9.04 Å². The maximum Gasteiger partial charge on any atom is 0.306 e. The Labute approximate surface area is 135 Å². The minimum atomic E-state index is -3.66. The summed E-state index contributed by atoms with van der Waals surface area (Å²) >= 11 is 0. The summed E-state index contributed by atoms with van der Waals surface area (Å²) in [6.45, 7) is 5.92. The zero-order chi connectivity index (χ0) is 17.0. The van der Waals surface area contributed by atoms with E-state index in [2.05, 4.69) is 5.10 Å². The molecule has 1 saturated heterocycles. The number of hydrogen-bond donors (Lipinski definition) is 0. The molecule has 0 aromatic carbocycles. The summed E-state index contributed by atoms with van der Waals surface area (Å²) < 4.78 is 39.4. The van der Waals surface area contributed by atoms with Gasteiger partial charge in [-0.25, -0.2) is 13.1 Å². The van der Waals surface area contributed by atoms with Crippen LogP contribution in [0.3, 0.4) is 0 Å². The van der Waals surface area contributed by atoms with E-state index in [1.165, 1.54) is 8.99 Å². The Morgan fingerprint density at radius 3 is 2.70 bits per heavy atom. The number of hydrogen-bond acceptors (Lipinski definition) is 6. The molecule has 2 aliphatic rings. The van der Waals surface area contributed by atoms with Crippen LogP contribution in [0, 0.1) is 12.3 Å². The van der Waals surface area contributed by atoms with Gasteiger partial charge in [-0.2, -0.15) is 5.10 Å². The highest BCUT2D eigenvalue weighted by molar-refractivity contribution is 7.92. The van der Waals surface area contributed by atoms with Crippen molar-refractivity contribution in [3.63, 3.8) is 0 Å². The molecule has 0 saturated carbocycles. The van der Waals surface area contributed by atoms with Gasteiger partial charge in [-0.05, 0) is 6.92 Å². The van der Waals surface area contributed by atoms with E-state index in [1.807, 2.05) is 13.8 Å². The summed E-state index contributed by atoms with van der Waals surface area (Å²) in [5, 5.41) is 4.23. The third-order valence-corrected chi connectivity index (χ3v) is 6.13. The Balaban J connectivity index is 1.92. The summed E-state index contributed by atoms with van der Waals surface area (Å²) in [6, 6.07) is 0. The van der Waals surface area contributed by atoms with Crippen LogP contribution in [-0.2, 0) is 26.6 Å². The highest BCUT2D eigenvalue weighted by Crippen LogP contribution is 2.39. The highest BCUT2D eigenvalue weighted by Gasteiger charge is 2.46. The number of ether oxygens (including phenoxy) is 2. The molecule has 0 N–H and O–H groups in total. The Morgan fingerprint density at radius 2 is 2.09 bits per heavy atom. The van der Waals surface area contributed by atoms with Crippen molar-refractivity contribution in [2.24, 2.45) is 12.5 Å². The second-order valence-electron chi connectivity index (χ2n) is 6.71.